The molecule has 2 aromatic carbocycles. The van der Waals surface area contributed by atoms with Gasteiger partial charge in [0.25, 0.3) is 0 Å². The lowest BCUT2D eigenvalue weighted by Crippen LogP contribution is -2.43. The van der Waals surface area contributed by atoms with E-state index in [1.807, 2.05) is 12.1 Å². The monoisotopic (exact) mass is 477 g/mol. The van der Waals surface area contributed by atoms with E-state index < -0.39 is 29.0 Å². The zero-order valence-electron chi connectivity index (χ0n) is 18.6. The van der Waals surface area contributed by atoms with Crippen LogP contribution in [0.2, 0.25) is 0 Å². The lowest BCUT2D eigenvalue weighted by atomic mass is 9.86. The minimum atomic E-state index is -1.95. The lowest BCUT2D eigenvalue weighted by molar-refractivity contribution is -0.0342. The van der Waals surface area contributed by atoms with Crippen LogP contribution in [-0.4, -0.2) is 39.0 Å². The Bertz CT molecular complexity index is 1490. The highest BCUT2D eigenvalue weighted by Crippen LogP contribution is 2.36. The van der Waals surface area contributed by atoms with Crippen LogP contribution >= 0.6 is 0 Å². The van der Waals surface area contributed by atoms with Crippen LogP contribution in [0.4, 0.5) is 8.78 Å². The van der Waals surface area contributed by atoms with Crippen molar-refractivity contribution < 1.29 is 13.9 Å². The molecule has 0 aliphatic carbocycles. The average Bonchev–Trinajstić information content (AvgIpc) is 3.61. The lowest BCUT2D eigenvalue weighted by Gasteiger charge is -2.35. The molecule has 0 saturated heterocycles. The Kier molecular flexibility index (Phi) is 5.61. The molecule has 0 bridgehead atoms. The highest BCUT2D eigenvalue weighted by Gasteiger charge is 2.41. The van der Waals surface area contributed by atoms with Gasteiger partial charge in [0.05, 0.1) is 18.3 Å². The van der Waals surface area contributed by atoms with Gasteiger partial charge >= 0.3 is 5.69 Å². The second kappa shape index (κ2) is 8.76. The van der Waals surface area contributed by atoms with Crippen LogP contribution in [-0.2, 0) is 12.1 Å². The van der Waals surface area contributed by atoms with Gasteiger partial charge in [-0.25, -0.2) is 28.2 Å². The van der Waals surface area contributed by atoms with E-state index in [1.54, 1.807) is 37.6 Å². The molecule has 0 aliphatic heterocycles. The standard InChI is InChI=1S/C24H21F2N7O2/c1-16(24(35,13-31-15-27-14-30-31)20-7-4-18(25)12-21(20)26)32-10-11-33(23(32)34)19-5-2-17(3-6-19)22-28-8-9-29-22/h2-12,14-16,35H,13H2,1H3,(H,28,29)/t16-,24-/m1/s1. The summed E-state index contributed by atoms with van der Waals surface area (Å²) in [6.45, 7) is 1.37. The average molecular weight is 477 g/mol. The van der Waals surface area contributed by atoms with Crippen molar-refractivity contribution in [2.45, 2.75) is 25.1 Å². The summed E-state index contributed by atoms with van der Waals surface area (Å²) < 4.78 is 32.5. The van der Waals surface area contributed by atoms with Gasteiger partial charge < -0.3 is 10.1 Å². The maximum Gasteiger partial charge on any atom is 0.333 e. The number of imidazole rings is 2. The third-order valence-electron chi connectivity index (χ3n) is 6.10. The predicted molar refractivity (Wildman–Crippen MR) is 123 cm³/mol. The van der Waals surface area contributed by atoms with E-state index in [9.17, 15) is 18.7 Å². The summed E-state index contributed by atoms with van der Waals surface area (Å²) in [5.74, 6) is -1.00. The molecule has 0 spiro atoms. The highest BCUT2D eigenvalue weighted by atomic mass is 19.1. The molecule has 9 nitrogen and oxygen atoms in total. The van der Waals surface area contributed by atoms with E-state index in [2.05, 4.69) is 20.1 Å². The first-order chi connectivity index (χ1) is 16.9. The number of aromatic amines is 1. The van der Waals surface area contributed by atoms with Crippen molar-refractivity contribution in [1.29, 1.82) is 0 Å². The second-order valence-electron chi connectivity index (χ2n) is 8.16. The Morgan fingerprint density at radius 3 is 2.60 bits per heavy atom. The smallest absolute Gasteiger partial charge is 0.333 e. The maximum atomic E-state index is 14.8. The fourth-order valence-electron chi connectivity index (χ4n) is 4.16. The summed E-state index contributed by atoms with van der Waals surface area (Å²) in [7, 11) is 0. The van der Waals surface area contributed by atoms with Crippen molar-refractivity contribution in [3.8, 4) is 17.1 Å². The normalized spacial score (nSPS) is 14.1. The van der Waals surface area contributed by atoms with Gasteiger partial charge in [-0.2, -0.15) is 5.10 Å². The molecule has 0 radical (unpaired) electrons. The molecule has 11 heteroatoms. The largest absolute Gasteiger partial charge is 0.381 e. The Morgan fingerprint density at radius 1 is 1.14 bits per heavy atom. The molecule has 178 valence electrons. The van der Waals surface area contributed by atoms with Crippen LogP contribution in [0.5, 0.6) is 0 Å². The second-order valence-corrected chi connectivity index (χ2v) is 8.16. The van der Waals surface area contributed by atoms with Crippen LogP contribution in [0.1, 0.15) is 18.5 Å². The van der Waals surface area contributed by atoms with Gasteiger partial charge in [0, 0.05) is 42.0 Å². The summed E-state index contributed by atoms with van der Waals surface area (Å²) in [4.78, 5) is 24.4. The number of hydrogen-bond acceptors (Lipinski definition) is 5. The molecule has 2 atom stereocenters. The van der Waals surface area contributed by atoms with Gasteiger partial charge in [0.1, 0.15) is 35.7 Å². The minimum Gasteiger partial charge on any atom is -0.381 e. The third kappa shape index (κ3) is 4.06. The molecular weight excluding hydrogens is 456 g/mol. The zero-order valence-corrected chi connectivity index (χ0v) is 18.6. The fourth-order valence-corrected chi connectivity index (χ4v) is 4.16. The first-order valence-corrected chi connectivity index (χ1v) is 10.8. The molecule has 0 unspecified atom stereocenters. The number of nitrogens with one attached hydrogen (secondary N) is 1. The van der Waals surface area contributed by atoms with Gasteiger partial charge in [-0.1, -0.05) is 6.07 Å². The molecule has 0 saturated carbocycles. The van der Waals surface area contributed by atoms with Crippen LogP contribution < -0.4 is 5.69 Å². The summed E-state index contributed by atoms with van der Waals surface area (Å²) in [5, 5.41) is 15.8. The van der Waals surface area contributed by atoms with Gasteiger partial charge in [0.15, 0.2) is 0 Å². The van der Waals surface area contributed by atoms with E-state index in [0.717, 1.165) is 11.6 Å². The van der Waals surface area contributed by atoms with E-state index in [0.29, 0.717) is 17.6 Å². The Balaban J connectivity index is 1.53. The van der Waals surface area contributed by atoms with Crippen molar-refractivity contribution >= 4 is 0 Å². The zero-order chi connectivity index (χ0) is 24.6. The summed E-state index contributed by atoms with van der Waals surface area (Å²) in [5.41, 5.74) is -1.10. The maximum absolute atomic E-state index is 14.8. The van der Waals surface area contributed by atoms with E-state index in [4.69, 9.17) is 0 Å². The fraction of sp³-hybridized carbons (Fsp3) is 0.167. The summed E-state index contributed by atoms with van der Waals surface area (Å²) in [6.07, 6.45) is 9.10. The molecule has 35 heavy (non-hydrogen) atoms. The number of H-pyrrole nitrogens is 1. The first-order valence-electron chi connectivity index (χ1n) is 10.8. The number of benzene rings is 2. The predicted octanol–water partition coefficient (Wildman–Crippen LogP) is 3.05. The molecule has 3 aromatic heterocycles. The number of halogens is 2. The van der Waals surface area contributed by atoms with Crippen molar-refractivity contribution in [2.75, 3.05) is 0 Å². The number of nitrogens with zero attached hydrogens (tertiary/aromatic N) is 6. The van der Waals surface area contributed by atoms with Crippen LogP contribution in [0, 0.1) is 11.6 Å². The molecule has 0 fully saturated rings. The van der Waals surface area contributed by atoms with Gasteiger partial charge in [-0.15, -0.1) is 0 Å². The van der Waals surface area contributed by atoms with E-state index >= 15 is 0 Å². The quantitative estimate of drug-likeness (QED) is 0.375. The highest BCUT2D eigenvalue weighted by molar-refractivity contribution is 5.57. The van der Waals surface area contributed by atoms with Crippen LogP contribution in [0.3, 0.4) is 0 Å². The molecule has 0 amide bonds. The van der Waals surface area contributed by atoms with Crippen LogP contribution in [0.25, 0.3) is 17.1 Å². The number of rotatable bonds is 7. The SMILES string of the molecule is C[C@@H](n1ccn(-c2ccc(-c3ncc[nH]3)cc2)c1=O)[C@](O)(Cn1cncn1)c1ccc(F)cc1F. The minimum absolute atomic E-state index is 0.163. The molecular formula is C24H21F2N7O2. The van der Waals surface area contributed by atoms with Crippen molar-refractivity contribution in [3.05, 3.63) is 108 Å². The molecule has 2 N–H and O–H groups in total. The van der Waals surface area contributed by atoms with Gasteiger partial charge in [-0.05, 0) is 37.3 Å². The van der Waals surface area contributed by atoms with Crippen LogP contribution in [0.15, 0.2) is 84.7 Å². The summed E-state index contributed by atoms with van der Waals surface area (Å²) >= 11 is 0. The molecule has 5 rings (SSSR count). The van der Waals surface area contributed by atoms with Crippen molar-refractivity contribution in [2.24, 2.45) is 0 Å². The molecule has 0 aliphatic rings. The van der Waals surface area contributed by atoms with Gasteiger partial charge in [0.2, 0.25) is 0 Å². The number of aliphatic hydroxyl groups is 1. The Labute approximate surface area is 198 Å². The molecule has 3 heterocycles. The topological polar surface area (TPSA) is 107 Å². The Hall–Kier alpha value is -4.38. The number of aromatic nitrogens is 7. The summed E-state index contributed by atoms with van der Waals surface area (Å²) in [6, 6.07) is 9.18. The van der Waals surface area contributed by atoms with Crippen molar-refractivity contribution in [1.82, 2.24) is 33.9 Å². The first kappa shape index (κ1) is 22.4. The third-order valence-corrected chi connectivity index (χ3v) is 6.10. The Morgan fingerprint density at radius 2 is 1.94 bits per heavy atom. The van der Waals surface area contributed by atoms with Gasteiger partial charge in [-0.3, -0.25) is 9.13 Å². The van der Waals surface area contributed by atoms with E-state index in [1.165, 1.54) is 38.7 Å². The molecule has 5 aromatic rings. The number of hydrogen-bond donors (Lipinski definition) is 2. The van der Waals surface area contributed by atoms with E-state index in [-0.39, 0.29) is 12.1 Å². The van der Waals surface area contributed by atoms with Crippen molar-refractivity contribution in [3.63, 3.8) is 0 Å².